The topological polar surface area (TPSA) is 94.0 Å². The van der Waals surface area contributed by atoms with Crippen LogP contribution in [0, 0.1) is 0 Å². The number of pyridine rings is 1. The van der Waals surface area contributed by atoms with Crippen LogP contribution >= 0.6 is 11.6 Å². The van der Waals surface area contributed by atoms with Crippen LogP contribution in [-0.2, 0) is 0 Å². The van der Waals surface area contributed by atoms with Crippen molar-refractivity contribution >= 4 is 23.3 Å². The minimum Gasteiger partial charge on any atom is -0.367 e. The van der Waals surface area contributed by atoms with Crippen molar-refractivity contribution < 1.29 is 4.79 Å². The lowest BCUT2D eigenvalue weighted by atomic mass is 9.92. The smallest absolute Gasteiger partial charge is 0.248 e. The zero-order valence-corrected chi connectivity index (χ0v) is 14.1. The summed E-state index contributed by atoms with van der Waals surface area (Å²) < 4.78 is 0. The molecule has 1 heterocycles. The van der Waals surface area contributed by atoms with E-state index < -0.39 is 5.91 Å². The van der Waals surface area contributed by atoms with Crippen molar-refractivity contribution in [3.63, 3.8) is 0 Å². The fraction of sp³-hybridized carbons (Fsp3) is 0.333. The van der Waals surface area contributed by atoms with E-state index in [-0.39, 0.29) is 0 Å². The first kappa shape index (κ1) is 16.7. The Bertz CT molecular complexity index is 724. The van der Waals surface area contributed by atoms with E-state index >= 15 is 0 Å². The van der Waals surface area contributed by atoms with Gasteiger partial charge in [-0.25, -0.2) is 4.98 Å². The van der Waals surface area contributed by atoms with Crippen molar-refractivity contribution in [2.75, 3.05) is 5.32 Å². The first-order chi connectivity index (χ1) is 11.5. The lowest BCUT2D eigenvalue weighted by Crippen LogP contribution is -2.33. The van der Waals surface area contributed by atoms with Gasteiger partial charge in [0.15, 0.2) is 0 Å². The van der Waals surface area contributed by atoms with Gasteiger partial charge in [-0.3, -0.25) is 4.79 Å². The largest absolute Gasteiger partial charge is 0.367 e. The molecule has 0 bridgehead atoms. The molecular weight excluding hydrogens is 324 g/mol. The number of nitrogens with two attached hydrogens (primary N) is 2. The van der Waals surface area contributed by atoms with Crippen molar-refractivity contribution in [1.29, 1.82) is 0 Å². The van der Waals surface area contributed by atoms with Crippen LogP contribution in [0.15, 0.2) is 36.5 Å². The third kappa shape index (κ3) is 3.86. The van der Waals surface area contributed by atoms with Crippen LogP contribution in [0.1, 0.15) is 36.0 Å². The van der Waals surface area contributed by atoms with Gasteiger partial charge in [-0.15, -0.1) is 0 Å². The highest BCUT2D eigenvalue weighted by atomic mass is 35.5. The summed E-state index contributed by atoms with van der Waals surface area (Å²) in [7, 11) is 0. The molecule has 0 unspecified atom stereocenters. The quantitative estimate of drug-likeness (QED) is 0.794. The molecule has 0 atom stereocenters. The van der Waals surface area contributed by atoms with Crippen LogP contribution < -0.4 is 16.8 Å². The monoisotopic (exact) mass is 344 g/mol. The summed E-state index contributed by atoms with van der Waals surface area (Å²) in [6, 6.07) is 9.73. The molecule has 0 radical (unpaired) electrons. The van der Waals surface area contributed by atoms with Crippen molar-refractivity contribution in [3.05, 3.63) is 47.1 Å². The number of nitrogens with one attached hydrogen (secondary N) is 1. The molecule has 1 aliphatic carbocycles. The number of amides is 1. The fourth-order valence-electron chi connectivity index (χ4n) is 3.03. The molecule has 1 amide bonds. The molecule has 3 rings (SSSR count). The Kier molecular flexibility index (Phi) is 5.02. The van der Waals surface area contributed by atoms with Crippen LogP contribution in [0.4, 0.5) is 5.82 Å². The SMILES string of the molecule is NC(=O)c1ccc(-c2cc(NC3CCC(N)CC3)ncc2Cl)cc1. The summed E-state index contributed by atoms with van der Waals surface area (Å²) in [6.45, 7) is 0. The van der Waals surface area contributed by atoms with E-state index in [1.807, 2.05) is 18.2 Å². The van der Waals surface area contributed by atoms with Crippen molar-refractivity contribution in [2.24, 2.45) is 11.5 Å². The number of aromatic nitrogens is 1. The van der Waals surface area contributed by atoms with Gasteiger partial charge < -0.3 is 16.8 Å². The first-order valence-corrected chi connectivity index (χ1v) is 8.48. The van der Waals surface area contributed by atoms with Crippen LogP contribution in [-0.4, -0.2) is 23.0 Å². The highest BCUT2D eigenvalue weighted by molar-refractivity contribution is 6.33. The van der Waals surface area contributed by atoms with Crippen LogP contribution in [0.25, 0.3) is 11.1 Å². The third-order valence-electron chi connectivity index (χ3n) is 4.46. The van der Waals surface area contributed by atoms with Gasteiger partial charge in [0.05, 0.1) is 5.02 Å². The fourth-order valence-corrected chi connectivity index (χ4v) is 3.24. The Morgan fingerprint density at radius 3 is 2.46 bits per heavy atom. The molecule has 2 aromatic rings. The minimum atomic E-state index is -0.444. The summed E-state index contributed by atoms with van der Waals surface area (Å²) in [6.07, 6.45) is 5.82. The average Bonchev–Trinajstić information content (AvgIpc) is 2.59. The zero-order chi connectivity index (χ0) is 17.1. The molecule has 24 heavy (non-hydrogen) atoms. The van der Waals surface area contributed by atoms with E-state index in [2.05, 4.69) is 10.3 Å². The Morgan fingerprint density at radius 2 is 1.83 bits per heavy atom. The number of primary amides is 1. The maximum Gasteiger partial charge on any atom is 0.248 e. The number of carbonyl (C=O) groups is 1. The molecule has 1 aliphatic rings. The van der Waals surface area contributed by atoms with E-state index in [1.165, 1.54) is 0 Å². The summed E-state index contributed by atoms with van der Waals surface area (Å²) in [5, 5.41) is 4.04. The van der Waals surface area contributed by atoms with E-state index in [4.69, 9.17) is 23.1 Å². The molecule has 5 nitrogen and oxygen atoms in total. The molecule has 0 aliphatic heterocycles. The average molecular weight is 345 g/mol. The third-order valence-corrected chi connectivity index (χ3v) is 4.76. The van der Waals surface area contributed by atoms with Gasteiger partial charge in [0.2, 0.25) is 5.91 Å². The molecule has 6 heteroatoms. The molecule has 0 spiro atoms. The van der Waals surface area contributed by atoms with E-state index in [0.29, 0.717) is 22.7 Å². The molecule has 0 saturated heterocycles. The lowest BCUT2D eigenvalue weighted by Gasteiger charge is -2.27. The second-order valence-corrected chi connectivity index (χ2v) is 6.65. The number of nitrogens with zero attached hydrogens (tertiary/aromatic N) is 1. The van der Waals surface area contributed by atoms with Gasteiger partial charge in [-0.05, 0) is 49.4 Å². The molecule has 1 saturated carbocycles. The minimum absolute atomic E-state index is 0.320. The molecule has 126 valence electrons. The standard InChI is InChI=1S/C18H21ClN4O/c19-16-10-22-17(23-14-7-5-13(20)6-8-14)9-15(16)11-1-3-12(4-2-11)18(21)24/h1-4,9-10,13-14H,5-8,20H2,(H2,21,24)(H,22,23). The number of rotatable bonds is 4. The maximum absolute atomic E-state index is 11.2. The molecule has 1 aromatic heterocycles. The number of hydrogen-bond acceptors (Lipinski definition) is 4. The normalized spacial score (nSPS) is 20.6. The second kappa shape index (κ2) is 7.20. The Labute approximate surface area is 146 Å². The van der Waals surface area contributed by atoms with Crippen LogP contribution in [0.5, 0.6) is 0 Å². The first-order valence-electron chi connectivity index (χ1n) is 8.11. The van der Waals surface area contributed by atoms with Crippen LogP contribution in [0.3, 0.4) is 0 Å². The lowest BCUT2D eigenvalue weighted by molar-refractivity contribution is 0.100. The van der Waals surface area contributed by atoms with E-state index in [1.54, 1.807) is 18.3 Å². The Balaban J connectivity index is 1.79. The number of halogens is 1. The molecular formula is C18H21ClN4O. The van der Waals surface area contributed by atoms with Gasteiger partial charge in [0, 0.05) is 29.4 Å². The predicted octanol–water partition coefficient (Wildman–Crippen LogP) is 3.18. The summed E-state index contributed by atoms with van der Waals surface area (Å²) in [5.41, 5.74) is 13.5. The Hall–Kier alpha value is -2.11. The van der Waals surface area contributed by atoms with Crippen molar-refractivity contribution in [2.45, 2.75) is 37.8 Å². The number of hydrogen-bond donors (Lipinski definition) is 3. The van der Waals surface area contributed by atoms with Gasteiger partial charge in [0.1, 0.15) is 5.82 Å². The van der Waals surface area contributed by atoms with Gasteiger partial charge >= 0.3 is 0 Å². The molecule has 1 fully saturated rings. The number of benzene rings is 1. The second-order valence-electron chi connectivity index (χ2n) is 6.25. The van der Waals surface area contributed by atoms with E-state index in [0.717, 1.165) is 42.6 Å². The van der Waals surface area contributed by atoms with Gasteiger partial charge in [-0.2, -0.15) is 0 Å². The van der Waals surface area contributed by atoms with Crippen LogP contribution in [0.2, 0.25) is 5.02 Å². The van der Waals surface area contributed by atoms with Gasteiger partial charge in [0.25, 0.3) is 0 Å². The van der Waals surface area contributed by atoms with E-state index in [9.17, 15) is 4.79 Å². The number of carbonyl (C=O) groups excluding carboxylic acids is 1. The molecule has 5 N–H and O–H groups in total. The van der Waals surface area contributed by atoms with Crippen molar-refractivity contribution in [1.82, 2.24) is 4.98 Å². The Morgan fingerprint density at radius 1 is 1.17 bits per heavy atom. The maximum atomic E-state index is 11.2. The summed E-state index contributed by atoms with van der Waals surface area (Å²) in [4.78, 5) is 15.6. The highest BCUT2D eigenvalue weighted by Gasteiger charge is 2.19. The molecule has 1 aromatic carbocycles. The zero-order valence-electron chi connectivity index (χ0n) is 13.3. The predicted molar refractivity (Wildman–Crippen MR) is 97.1 cm³/mol. The number of anilines is 1. The summed E-state index contributed by atoms with van der Waals surface area (Å²) >= 11 is 6.30. The van der Waals surface area contributed by atoms with Crippen molar-refractivity contribution in [3.8, 4) is 11.1 Å². The highest BCUT2D eigenvalue weighted by Crippen LogP contribution is 2.30. The van der Waals surface area contributed by atoms with Gasteiger partial charge in [-0.1, -0.05) is 23.7 Å². The summed E-state index contributed by atoms with van der Waals surface area (Å²) in [5.74, 6) is 0.356.